The Morgan fingerprint density at radius 2 is 2.15 bits per heavy atom. The molecule has 0 radical (unpaired) electrons. The monoisotopic (exact) mass is 397 g/mol. The van der Waals surface area contributed by atoms with Crippen LogP contribution in [0.25, 0.3) is 11.2 Å². The second kappa shape index (κ2) is 7.75. The van der Waals surface area contributed by atoms with Gasteiger partial charge in [-0.25, -0.2) is 4.98 Å². The fourth-order valence-corrected chi connectivity index (χ4v) is 4.07. The zero-order valence-corrected chi connectivity index (χ0v) is 16.8. The molecule has 0 bridgehead atoms. The van der Waals surface area contributed by atoms with Gasteiger partial charge < -0.3 is 20.3 Å². The Morgan fingerprint density at radius 3 is 2.81 bits per heavy atom. The summed E-state index contributed by atoms with van der Waals surface area (Å²) in [5, 5.41) is 23.9. The number of hydrogen-bond acceptors (Lipinski definition) is 7. The molecule has 9 nitrogen and oxygen atoms in total. The van der Waals surface area contributed by atoms with Gasteiger partial charge in [0.05, 0.1) is 12.4 Å². The first kappa shape index (κ1) is 20.1. The van der Waals surface area contributed by atoms with E-state index in [4.69, 9.17) is 4.74 Å². The lowest BCUT2D eigenvalue weighted by Gasteiger charge is -2.18. The van der Waals surface area contributed by atoms with Gasteiger partial charge in [0.15, 0.2) is 17.4 Å². The van der Waals surface area contributed by atoms with Gasteiger partial charge in [0, 0.05) is 6.54 Å². The molecule has 3 rings (SSSR count). The van der Waals surface area contributed by atoms with E-state index in [2.05, 4.69) is 39.9 Å². The van der Waals surface area contributed by atoms with Crippen molar-refractivity contribution in [2.24, 2.45) is 0 Å². The first-order chi connectivity index (χ1) is 12.7. The number of aliphatic hydroxyl groups is 2. The summed E-state index contributed by atoms with van der Waals surface area (Å²) in [6, 6.07) is 0. The lowest BCUT2D eigenvalue weighted by molar-refractivity contribution is -0.0353. The molecule has 0 spiro atoms. The van der Waals surface area contributed by atoms with E-state index in [1.165, 1.54) is 10.9 Å². The van der Waals surface area contributed by atoms with Crippen LogP contribution in [0.4, 0.5) is 5.95 Å². The highest BCUT2D eigenvalue weighted by atomic mass is 31.2. The van der Waals surface area contributed by atoms with Crippen LogP contribution >= 0.6 is 6.89 Å². The number of fused-ring (bicyclic) bond motifs is 1. The molecule has 10 heteroatoms. The number of aromatic amines is 1. The number of nitrogens with zero attached hydrogens (tertiary/aromatic N) is 3. The van der Waals surface area contributed by atoms with Gasteiger partial charge >= 0.3 is 0 Å². The van der Waals surface area contributed by atoms with Crippen LogP contribution in [-0.2, 0) is 4.74 Å². The van der Waals surface area contributed by atoms with Crippen molar-refractivity contribution in [1.29, 1.82) is 0 Å². The second-order valence-corrected chi connectivity index (χ2v) is 12.0. The summed E-state index contributed by atoms with van der Waals surface area (Å²) in [6.45, 7) is 5.64. The number of ether oxygens (including phenoxy) is 1. The molecule has 0 aliphatic carbocycles. The minimum absolute atomic E-state index is 0.163. The molecule has 1 aliphatic rings. The van der Waals surface area contributed by atoms with E-state index in [0.29, 0.717) is 24.6 Å². The van der Waals surface area contributed by atoms with Crippen molar-refractivity contribution in [2.45, 2.75) is 44.3 Å². The fraction of sp³-hybridized carbons (Fsp3) is 0.647. The van der Waals surface area contributed by atoms with E-state index in [-0.39, 0.29) is 11.1 Å². The molecule has 1 aliphatic heterocycles. The van der Waals surface area contributed by atoms with Crippen molar-refractivity contribution in [3.63, 3.8) is 0 Å². The molecule has 27 heavy (non-hydrogen) atoms. The van der Waals surface area contributed by atoms with Gasteiger partial charge in [0.2, 0.25) is 5.95 Å². The predicted octanol–water partition coefficient (Wildman–Crippen LogP) is 0.660. The molecule has 3 heterocycles. The van der Waals surface area contributed by atoms with Crippen molar-refractivity contribution >= 4 is 30.3 Å². The Labute approximate surface area is 157 Å². The van der Waals surface area contributed by atoms with E-state index in [1.54, 1.807) is 0 Å². The Kier molecular flexibility index (Phi) is 5.76. The number of anilines is 1. The molecular weight excluding hydrogens is 369 g/mol. The van der Waals surface area contributed by atoms with E-state index < -0.39 is 31.4 Å². The molecule has 0 unspecified atom stereocenters. The lowest BCUT2D eigenvalue weighted by Crippen LogP contribution is -2.32. The number of aromatic nitrogens is 4. The number of nitrogens with one attached hydrogen (secondary N) is 2. The Hall–Kier alpha value is -1.67. The standard InChI is InChI=1S/C17H28N5O4P/c1-5-7-18-17-20-14-11(15(25)21-17)19-9-22(14)16-13(24)12(23)10(26-16)6-8-27(2,3)4/h9-10,12-13,16,23-24H,2,5-8H2,1,3-4H3,(H2,18,20,21,25)/t10-,12-,13-,16-/m1/s1. The zero-order valence-electron chi connectivity index (χ0n) is 15.9. The first-order valence-corrected chi connectivity index (χ1v) is 12.2. The van der Waals surface area contributed by atoms with Crippen molar-refractivity contribution in [1.82, 2.24) is 19.5 Å². The third-order valence-corrected chi connectivity index (χ3v) is 6.07. The average Bonchev–Trinajstić information content (AvgIpc) is 3.13. The summed E-state index contributed by atoms with van der Waals surface area (Å²) in [7, 11) is 0. The maximum Gasteiger partial charge on any atom is 0.280 e. The summed E-state index contributed by atoms with van der Waals surface area (Å²) in [5.41, 5.74) is 0.0976. The lowest BCUT2D eigenvalue weighted by atomic mass is 10.1. The third-order valence-electron chi connectivity index (χ3n) is 4.61. The molecule has 4 N–H and O–H groups in total. The highest BCUT2D eigenvalue weighted by Gasteiger charge is 2.44. The molecule has 150 valence electrons. The van der Waals surface area contributed by atoms with Gasteiger partial charge in [-0.1, -0.05) is 6.92 Å². The quantitative estimate of drug-likeness (QED) is 0.506. The SMILES string of the molecule is C=P(C)(C)CC[C@H]1O[C@@H](n2cnc3c(=O)[nH]c(NCCC)nc32)[C@H](O)[C@@H]1O. The molecule has 1 fully saturated rings. The van der Waals surface area contributed by atoms with E-state index in [0.717, 1.165) is 12.6 Å². The summed E-state index contributed by atoms with van der Waals surface area (Å²) < 4.78 is 7.45. The van der Waals surface area contributed by atoms with Gasteiger partial charge in [-0.05, 0) is 32.3 Å². The number of rotatable bonds is 7. The third kappa shape index (κ3) is 4.27. The minimum atomic E-state index is -1.27. The van der Waals surface area contributed by atoms with Gasteiger partial charge in [0.1, 0.15) is 12.2 Å². The normalized spacial score (nSPS) is 26.0. The van der Waals surface area contributed by atoms with E-state index >= 15 is 0 Å². The van der Waals surface area contributed by atoms with Crippen LogP contribution in [0.3, 0.4) is 0 Å². The number of aliphatic hydroxyl groups excluding tert-OH is 2. The largest absolute Gasteiger partial charge is 0.388 e. The zero-order chi connectivity index (χ0) is 19.8. The Morgan fingerprint density at radius 1 is 1.41 bits per heavy atom. The molecular formula is C17H28N5O4P. The molecule has 1 saturated heterocycles. The van der Waals surface area contributed by atoms with Crippen molar-refractivity contribution in [2.75, 3.05) is 31.4 Å². The van der Waals surface area contributed by atoms with Crippen LogP contribution < -0.4 is 10.9 Å². The van der Waals surface area contributed by atoms with Crippen LogP contribution in [0.1, 0.15) is 26.0 Å². The predicted molar refractivity (Wildman–Crippen MR) is 108 cm³/mol. The van der Waals surface area contributed by atoms with Gasteiger partial charge in [0.25, 0.3) is 5.56 Å². The first-order valence-electron chi connectivity index (χ1n) is 9.11. The van der Waals surface area contributed by atoms with E-state index in [9.17, 15) is 15.0 Å². The maximum atomic E-state index is 12.2. The Balaban J connectivity index is 1.89. The van der Waals surface area contributed by atoms with Crippen LogP contribution in [0, 0.1) is 0 Å². The molecule has 2 aromatic heterocycles. The number of hydrogen-bond donors (Lipinski definition) is 4. The number of imidazole rings is 1. The van der Waals surface area contributed by atoms with Crippen LogP contribution in [0.15, 0.2) is 11.1 Å². The van der Waals surface area contributed by atoms with Gasteiger partial charge in [-0.3, -0.25) is 14.3 Å². The second-order valence-electron chi connectivity index (χ2n) is 7.66. The highest BCUT2D eigenvalue weighted by molar-refractivity contribution is 7.72. The average molecular weight is 397 g/mol. The Bertz CT molecular complexity index is 904. The molecule has 4 atom stereocenters. The molecule has 2 aromatic rings. The maximum absolute atomic E-state index is 12.2. The summed E-state index contributed by atoms with van der Waals surface area (Å²) in [6.07, 6.45) is 4.43. The van der Waals surface area contributed by atoms with Gasteiger partial charge in [-0.2, -0.15) is 4.98 Å². The van der Waals surface area contributed by atoms with Crippen molar-refractivity contribution in [3.05, 3.63) is 16.7 Å². The van der Waals surface area contributed by atoms with Crippen LogP contribution in [0.2, 0.25) is 0 Å². The van der Waals surface area contributed by atoms with Crippen LogP contribution in [-0.4, -0.2) is 80.4 Å². The molecule has 0 saturated carbocycles. The smallest absolute Gasteiger partial charge is 0.280 e. The van der Waals surface area contributed by atoms with Crippen molar-refractivity contribution < 1.29 is 14.9 Å². The fourth-order valence-electron chi connectivity index (χ4n) is 3.11. The molecule has 0 amide bonds. The summed E-state index contributed by atoms with van der Waals surface area (Å²) in [5.74, 6) is 0.337. The minimum Gasteiger partial charge on any atom is -0.388 e. The van der Waals surface area contributed by atoms with Crippen molar-refractivity contribution in [3.8, 4) is 0 Å². The summed E-state index contributed by atoms with van der Waals surface area (Å²) >= 11 is 0. The topological polar surface area (TPSA) is 125 Å². The summed E-state index contributed by atoms with van der Waals surface area (Å²) in [4.78, 5) is 23.4. The molecule has 0 aromatic carbocycles. The highest BCUT2D eigenvalue weighted by Crippen LogP contribution is 2.39. The van der Waals surface area contributed by atoms with E-state index in [1.807, 2.05) is 6.92 Å². The van der Waals surface area contributed by atoms with Crippen LogP contribution in [0.5, 0.6) is 0 Å². The van der Waals surface area contributed by atoms with Gasteiger partial charge in [-0.15, -0.1) is 13.2 Å². The number of H-pyrrole nitrogens is 1.